The van der Waals surface area contributed by atoms with E-state index in [-0.39, 0.29) is 13.0 Å². The van der Waals surface area contributed by atoms with Crippen LogP contribution in [-0.4, -0.2) is 60.5 Å². The number of carboxylic acids is 1. The fraction of sp³-hybridized carbons (Fsp3) is 0.808. The molecule has 0 saturated heterocycles. The Morgan fingerprint density at radius 2 is 0.921 bits per heavy atom. The third-order valence-electron chi connectivity index (χ3n) is 11.1. The first-order valence-corrected chi connectivity index (χ1v) is 27.2. The maximum Gasteiger partial charge on any atom is 0.472 e. The zero-order valence-electron chi connectivity index (χ0n) is 40.4. The van der Waals surface area contributed by atoms with Gasteiger partial charge < -0.3 is 25.2 Å². The summed E-state index contributed by atoms with van der Waals surface area (Å²) in [6.45, 7) is 3.80. The molecular formula is C52H96NO9P. The van der Waals surface area contributed by atoms with Crippen molar-refractivity contribution in [1.29, 1.82) is 0 Å². The van der Waals surface area contributed by atoms with Crippen molar-refractivity contribution < 1.29 is 42.7 Å². The lowest BCUT2D eigenvalue weighted by Gasteiger charge is -2.20. The van der Waals surface area contributed by atoms with E-state index in [0.717, 1.165) is 57.8 Å². The number of phosphoric ester groups is 1. The van der Waals surface area contributed by atoms with Crippen molar-refractivity contribution in [2.75, 3.05) is 26.4 Å². The molecule has 0 heterocycles. The molecule has 3 atom stereocenters. The first-order valence-electron chi connectivity index (χ1n) is 25.7. The Bertz CT molecular complexity index is 1190. The molecule has 0 spiro atoms. The molecule has 63 heavy (non-hydrogen) atoms. The zero-order valence-corrected chi connectivity index (χ0v) is 41.3. The molecule has 0 aliphatic carbocycles. The molecule has 0 aromatic carbocycles. The maximum atomic E-state index is 12.7. The molecule has 3 unspecified atom stereocenters. The van der Waals surface area contributed by atoms with Crippen LogP contribution in [0.15, 0.2) is 48.6 Å². The van der Waals surface area contributed by atoms with Crippen LogP contribution in [0.3, 0.4) is 0 Å². The molecular weight excluding hydrogens is 814 g/mol. The minimum atomic E-state index is -4.62. The number of hydrogen-bond donors (Lipinski definition) is 3. The summed E-state index contributed by atoms with van der Waals surface area (Å²) in [6, 6.07) is -1.47. The van der Waals surface area contributed by atoms with E-state index >= 15 is 0 Å². The van der Waals surface area contributed by atoms with E-state index in [9.17, 15) is 19.0 Å². The Hall–Kier alpha value is -2.07. The second kappa shape index (κ2) is 47.9. The molecule has 0 aliphatic heterocycles. The van der Waals surface area contributed by atoms with Crippen LogP contribution in [0.5, 0.6) is 0 Å². The van der Waals surface area contributed by atoms with Crippen LogP contribution >= 0.6 is 7.82 Å². The van der Waals surface area contributed by atoms with Crippen molar-refractivity contribution in [2.24, 2.45) is 5.73 Å². The third kappa shape index (κ3) is 47.7. The van der Waals surface area contributed by atoms with Crippen LogP contribution in [-0.2, 0) is 32.7 Å². The van der Waals surface area contributed by atoms with Gasteiger partial charge in [0.05, 0.1) is 19.8 Å². The number of aliphatic carboxylic acids is 1. The van der Waals surface area contributed by atoms with E-state index in [1.807, 2.05) is 0 Å². The molecule has 0 aromatic heterocycles. The SMILES string of the molecule is CC/C=C\C/C=C\C/C=C\C/C=C\CCCCCCCCCCCCCOCC(COP(=O)(O)OCC(N)C(=O)O)OC(=O)CCCCCCCCCCCCCCCCCCC. The zero-order chi connectivity index (χ0) is 46.2. The van der Waals surface area contributed by atoms with Gasteiger partial charge in [0.2, 0.25) is 0 Å². The van der Waals surface area contributed by atoms with Gasteiger partial charge in [0.1, 0.15) is 12.1 Å². The summed E-state index contributed by atoms with van der Waals surface area (Å²) in [5.74, 6) is -1.77. The first kappa shape index (κ1) is 60.9. The number of ether oxygens (including phenoxy) is 2. The Kier molecular flexibility index (Phi) is 46.3. The van der Waals surface area contributed by atoms with Crippen LogP contribution in [0.4, 0.5) is 0 Å². The molecule has 0 aliphatic rings. The average Bonchev–Trinajstić information content (AvgIpc) is 3.26. The Morgan fingerprint density at radius 3 is 1.38 bits per heavy atom. The standard InChI is InChI=1S/C52H96NO9P/c1-3-5-7-9-11-13-15-17-19-21-22-23-24-25-26-27-29-31-33-35-37-39-41-43-45-59-46-49(47-60-63(57,58)61-48-50(53)52(55)56)62-51(54)44-42-40-38-36-34-32-30-28-20-18-16-14-12-10-8-6-4-2/h5,7,11,13,17,19,22-23,49-50H,3-4,6,8-10,12,14-16,18,20-21,24-48,53H2,1-2H3,(H,55,56)(H,57,58)/b7-5-,13-11-,19-17-,23-22-. The van der Waals surface area contributed by atoms with Crippen LogP contribution < -0.4 is 5.73 Å². The third-order valence-corrected chi connectivity index (χ3v) is 12.1. The van der Waals surface area contributed by atoms with Crippen molar-refractivity contribution in [1.82, 2.24) is 0 Å². The Labute approximate surface area is 386 Å². The molecule has 10 nitrogen and oxygen atoms in total. The van der Waals surface area contributed by atoms with Crippen molar-refractivity contribution >= 4 is 19.8 Å². The molecule has 368 valence electrons. The number of carboxylic acid groups (broad SMARTS) is 1. The predicted octanol–water partition coefficient (Wildman–Crippen LogP) is 15.0. The fourth-order valence-electron chi connectivity index (χ4n) is 7.19. The minimum absolute atomic E-state index is 0.0167. The molecule has 11 heteroatoms. The van der Waals surface area contributed by atoms with Gasteiger partial charge in [-0.1, -0.05) is 223 Å². The highest BCUT2D eigenvalue weighted by Crippen LogP contribution is 2.43. The topological polar surface area (TPSA) is 155 Å². The molecule has 0 bridgehead atoms. The lowest BCUT2D eigenvalue weighted by molar-refractivity contribution is -0.154. The van der Waals surface area contributed by atoms with E-state index in [1.54, 1.807) is 0 Å². The molecule has 0 amide bonds. The second-order valence-electron chi connectivity index (χ2n) is 17.3. The van der Waals surface area contributed by atoms with Gasteiger partial charge in [0.15, 0.2) is 0 Å². The predicted molar refractivity (Wildman–Crippen MR) is 263 cm³/mol. The number of phosphoric acid groups is 1. The van der Waals surface area contributed by atoms with Crippen molar-refractivity contribution in [2.45, 2.75) is 244 Å². The van der Waals surface area contributed by atoms with Crippen molar-refractivity contribution in [3.63, 3.8) is 0 Å². The number of rotatable bonds is 49. The fourth-order valence-corrected chi connectivity index (χ4v) is 7.96. The van der Waals surface area contributed by atoms with Gasteiger partial charge in [-0.2, -0.15) is 0 Å². The summed E-state index contributed by atoms with van der Waals surface area (Å²) in [7, 11) is -4.62. The number of carbonyl (C=O) groups is 2. The highest BCUT2D eigenvalue weighted by atomic mass is 31.2. The van der Waals surface area contributed by atoms with Gasteiger partial charge in [-0.3, -0.25) is 18.6 Å². The molecule has 0 aromatic rings. The Morgan fingerprint density at radius 1 is 0.524 bits per heavy atom. The number of nitrogens with two attached hydrogens (primary N) is 1. The molecule has 4 N–H and O–H groups in total. The van der Waals surface area contributed by atoms with E-state index < -0.39 is 45.1 Å². The maximum absolute atomic E-state index is 12.7. The lowest BCUT2D eigenvalue weighted by atomic mass is 10.0. The summed E-state index contributed by atoms with van der Waals surface area (Å²) in [4.78, 5) is 33.7. The first-order chi connectivity index (χ1) is 30.7. The minimum Gasteiger partial charge on any atom is -0.480 e. The number of unbranched alkanes of at least 4 members (excludes halogenated alkanes) is 27. The monoisotopic (exact) mass is 910 g/mol. The summed E-state index contributed by atoms with van der Waals surface area (Å²) in [5.41, 5.74) is 5.38. The Balaban J connectivity index is 4.11. The number of carbonyl (C=O) groups excluding carboxylic acids is 1. The number of esters is 1. The molecule has 0 fully saturated rings. The number of hydrogen-bond acceptors (Lipinski definition) is 8. The van der Waals surface area contributed by atoms with Gasteiger partial charge in [-0.25, -0.2) is 4.57 Å². The molecule has 0 rings (SSSR count). The van der Waals surface area contributed by atoms with Gasteiger partial charge in [-0.05, 0) is 51.4 Å². The van der Waals surface area contributed by atoms with Gasteiger partial charge in [-0.15, -0.1) is 0 Å². The summed E-state index contributed by atoms with van der Waals surface area (Å²) >= 11 is 0. The van der Waals surface area contributed by atoms with Crippen LogP contribution in [0, 0.1) is 0 Å². The molecule has 0 radical (unpaired) electrons. The van der Waals surface area contributed by atoms with Crippen LogP contribution in [0.25, 0.3) is 0 Å². The largest absolute Gasteiger partial charge is 0.480 e. The highest BCUT2D eigenvalue weighted by molar-refractivity contribution is 7.47. The normalized spacial score (nSPS) is 14.1. The summed E-state index contributed by atoms with van der Waals surface area (Å²) in [6.07, 6.45) is 57.4. The van der Waals surface area contributed by atoms with Crippen LogP contribution in [0.2, 0.25) is 0 Å². The number of allylic oxidation sites excluding steroid dienone is 8. The van der Waals surface area contributed by atoms with Gasteiger partial charge in [0.25, 0.3) is 0 Å². The van der Waals surface area contributed by atoms with E-state index in [1.165, 1.54) is 148 Å². The van der Waals surface area contributed by atoms with Gasteiger partial charge in [0, 0.05) is 13.0 Å². The van der Waals surface area contributed by atoms with Crippen LogP contribution in [0.1, 0.15) is 232 Å². The molecule has 0 saturated carbocycles. The van der Waals surface area contributed by atoms with E-state index in [2.05, 4.69) is 62.5 Å². The van der Waals surface area contributed by atoms with Crippen molar-refractivity contribution in [3.05, 3.63) is 48.6 Å². The smallest absolute Gasteiger partial charge is 0.472 e. The summed E-state index contributed by atoms with van der Waals surface area (Å²) < 4.78 is 33.5. The van der Waals surface area contributed by atoms with Crippen molar-refractivity contribution in [3.8, 4) is 0 Å². The lowest BCUT2D eigenvalue weighted by Crippen LogP contribution is -2.34. The van der Waals surface area contributed by atoms with E-state index in [4.69, 9.17) is 29.4 Å². The highest BCUT2D eigenvalue weighted by Gasteiger charge is 2.27. The van der Waals surface area contributed by atoms with Gasteiger partial charge >= 0.3 is 19.8 Å². The average molecular weight is 910 g/mol. The summed E-state index contributed by atoms with van der Waals surface area (Å²) in [5, 5.41) is 8.93. The second-order valence-corrected chi connectivity index (χ2v) is 18.7. The van der Waals surface area contributed by atoms with E-state index in [0.29, 0.717) is 13.0 Å². The quantitative estimate of drug-likeness (QED) is 0.0232.